The number of fused-ring (bicyclic) bond motifs is 1. The Balaban J connectivity index is 2.12. The Bertz CT molecular complexity index is 180. The van der Waals surface area contributed by atoms with E-state index in [0.29, 0.717) is 5.92 Å². The molecule has 2 fully saturated rings. The first kappa shape index (κ1) is 6.16. The molecule has 0 bridgehead atoms. The summed E-state index contributed by atoms with van der Waals surface area (Å²) in [6.07, 6.45) is 3.08. The van der Waals surface area contributed by atoms with Gasteiger partial charge in [-0.05, 0) is 31.7 Å². The lowest BCUT2D eigenvalue weighted by molar-refractivity contribution is -0.141. The Kier molecular flexibility index (Phi) is 1.06. The third kappa shape index (κ3) is 0.611. The maximum Gasteiger partial charge on any atom is 0.324 e. The van der Waals surface area contributed by atoms with E-state index >= 15 is 0 Å². The van der Waals surface area contributed by atoms with Crippen LogP contribution < -0.4 is 5.32 Å². The van der Waals surface area contributed by atoms with Crippen molar-refractivity contribution < 1.29 is 9.90 Å². The molecule has 1 aliphatic heterocycles. The minimum absolute atomic E-state index is 0.429. The Hall–Kier alpha value is -0.570. The van der Waals surface area contributed by atoms with Crippen molar-refractivity contribution in [3.05, 3.63) is 0 Å². The van der Waals surface area contributed by atoms with Crippen LogP contribution in [0.25, 0.3) is 0 Å². The standard InChI is InChI=1S/C7H11NO2/c9-6(10)7-4-5(7)2-1-3-8-7/h5,8H,1-4H2,(H,9,10)/t5-,7-/m0/s1. The molecule has 2 N–H and O–H groups in total. The molecule has 0 aromatic rings. The van der Waals surface area contributed by atoms with Gasteiger partial charge >= 0.3 is 5.97 Å². The molecule has 0 amide bonds. The highest BCUT2D eigenvalue weighted by Gasteiger charge is 2.60. The topological polar surface area (TPSA) is 49.3 Å². The molecule has 2 atom stereocenters. The van der Waals surface area contributed by atoms with Crippen molar-refractivity contribution in [3.8, 4) is 0 Å². The molecule has 0 unspecified atom stereocenters. The van der Waals surface area contributed by atoms with Crippen LogP contribution in [0.5, 0.6) is 0 Å². The molecule has 2 rings (SSSR count). The highest BCUT2D eigenvalue weighted by molar-refractivity contribution is 5.83. The SMILES string of the molecule is O=C(O)[C@]12C[C@@H]1CCCN2. The lowest BCUT2D eigenvalue weighted by Crippen LogP contribution is -2.44. The normalized spacial score (nSPS) is 44.2. The van der Waals surface area contributed by atoms with Crippen molar-refractivity contribution >= 4 is 5.97 Å². The zero-order valence-corrected chi connectivity index (χ0v) is 5.76. The molecule has 0 spiro atoms. The average Bonchev–Trinajstić information content (AvgIpc) is 2.61. The van der Waals surface area contributed by atoms with Crippen LogP contribution in [0.1, 0.15) is 19.3 Å². The number of carboxylic acid groups (broad SMARTS) is 1. The van der Waals surface area contributed by atoms with Crippen LogP contribution in [0, 0.1) is 5.92 Å². The van der Waals surface area contributed by atoms with Gasteiger partial charge in [0.15, 0.2) is 0 Å². The molecular weight excluding hydrogens is 130 g/mol. The highest BCUT2D eigenvalue weighted by Crippen LogP contribution is 2.48. The average molecular weight is 141 g/mol. The van der Waals surface area contributed by atoms with Gasteiger partial charge in [-0.2, -0.15) is 0 Å². The minimum atomic E-state index is -0.655. The van der Waals surface area contributed by atoms with E-state index < -0.39 is 11.5 Å². The van der Waals surface area contributed by atoms with Gasteiger partial charge in [-0.1, -0.05) is 0 Å². The smallest absolute Gasteiger partial charge is 0.324 e. The number of carbonyl (C=O) groups is 1. The van der Waals surface area contributed by atoms with Crippen molar-refractivity contribution in [1.82, 2.24) is 5.32 Å². The molecule has 56 valence electrons. The molecule has 1 heterocycles. The zero-order chi connectivity index (χ0) is 7.19. The van der Waals surface area contributed by atoms with Crippen molar-refractivity contribution in [2.24, 2.45) is 5.92 Å². The fourth-order valence-corrected chi connectivity index (χ4v) is 1.89. The van der Waals surface area contributed by atoms with Crippen LogP contribution >= 0.6 is 0 Å². The molecule has 3 nitrogen and oxygen atoms in total. The molecule has 2 aliphatic rings. The number of carboxylic acids is 1. The number of nitrogens with one attached hydrogen (secondary N) is 1. The molecule has 0 aromatic heterocycles. The van der Waals surface area contributed by atoms with Gasteiger partial charge in [-0.25, -0.2) is 0 Å². The minimum Gasteiger partial charge on any atom is -0.480 e. The lowest BCUT2D eigenvalue weighted by atomic mass is 10.1. The van der Waals surface area contributed by atoms with E-state index in [4.69, 9.17) is 5.11 Å². The van der Waals surface area contributed by atoms with E-state index in [9.17, 15) is 4.79 Å². The summed E-state index contributed by atoms with van der Waals surface area (Å²) in [6.45, 7) is 0.878. The lowest BCUT2D eigenvalue weighted by Gasteiger charge is -2.18. The Labute approximate surface area is 59.4 Å². The van der Waals surface area contributed by atoms with Gasteiger partial charge < -0.3 is 10.4 Å². The van der Waals surface area contributed by atoms with E-state index in [-0.39, 0.29) is 0 Å². The van der Waals surface area contributed by atoms with Gasteiger partial charge in [0.2, 0.25) is 0 Å². The fraction of sp³-hybridized carbons (Fsp3) is 0.857. The van der Waals surface area contributed by atoms with Gasteiger partial charge in [-0.3, -0.25) is 4.79 Å². The summed E-state index contributed by atoms with van der Waals surface area (Å²) >= 11 is 0. The number of rotatable bonds is 1. The first-order valence-electron chi connectivity index (χ1n) is 3.74. The Morgan fingerprint density at radius 1 is 1.70 bits per heavy atom. The third-order valence-corrected chi connectivity index (χ3v) is 2.66. The van der Waals surface area contributed by atoms with E-state index in [1.807, 2.05) is 0 Å². The quantitative estimate of drug-likeness (QED) is 0.549. The predicted molar refractivity (Wildman–Crippen MR) is 35.7 cm³/mol. The molecule has 1 aliphatic carbocycles. The molecule has 0 radical (unpaired) electrons. The van der Waals surface area contributed by atoms with E-state index in [0.717, 1.165) is 25.8 Å². The van der Waals surface area contributed by atoms with Crippen molar-refractivity contribution in [1.29, 1.82) is 0 Å². The second kappa shape index (κ2) is 1.72. The maximum atomic E-state index is 10.7. The Morgan fingerprint density at radius 2 is 2.50 bits per heavy atom. The largest absolute Gasteiger partial charge is 0.480 e. The molecule has 0 aromatic carbocycles. The monoisotopic (exact) mass is 141 g/mol. The highest BCUT2D eigenvalue weighted by atomic mass is 16.4. The molecule has 3 heteroatoms. The summed E-state index contributed by atoms with van der Waals surface area (Å²) in [5.41, 5.74) is -0.488. The van der Waals surface area contributed by atoms with Gasteiger partial charge in [-0.15, -0.1) is 0 Å². The van der Waals surface area contributed by atoms with Crippen LogP contribution in [-0.4, -0.2) is 23.2 Å². The Morgan fingerprint density at radius 3 is 3.00 bits per heavy atom. The summed E-state index contributed by atoms with van der Waals surface area (Å²) in [7, 11) is 0. The summed E-state index contributed by atoms with van der Waals surface area (Å²) in [5, 5.41) is 11.8. The number of aliphatic carboxylic acids is 1. The second-order valence-corrected chi connectivity index (χ2v) is 3.25. The summed E-state index contributed by atoms with van der Waals surface area (Å²) in [6, 6.07) is 0. The van der Waals surface area contributed by atoms with Gasteiger partial charge in [0, 0.05) is 0 Å². The van der Waals surface area contributed by atoms with Gasteiger partial charge in [0.05, 0.1) is 0 Å². The fourth-order valence-electron chi connectivity index (χ4n) is 1.89. The predicted octanol–water partition coefficient (Wildman–Crippen LogP) is 0.213. The van der Waals surface area contributed by atoms with Gasteiger partial charge in [0.1, 0.15) is 5.54 Å². The van der Waals surface area contributed by atoms with Gasteiger partial charge in [0.25, 0.3) is 0 Å². The van der Waals surface area contributed by atoms with Crippen LogP contribution in [0.4, 0.5) is 0 Å². The van der Waals surface area contributed by atoms with Crippen molar-refractivity contribution in [2.45, 2.75) is 24.8 Å². The first-order valence-corrected chi connectivity index (χ1v) is 3.74. The second-order valence-electron chi connectivity index (χ2n) is 3.25. The zero-order valence-electron chi connectivity index (χ0n) is 5.76. The van der Waals surface area contributed by atoms with Crippen molar-refractivity contribution in [2.75, 3.05) is 6.54 Å². The van der Waals surface area contributed by atoms with Crippen LogP contribution in [0.3, 0.4) is 0 Å². The summed E-state index contributed by atoms with van der Waals surface area (Å²) < 4.78 is 0. The molecule has 1 saturated heterocycles. The first-order chi connectivity index (χ1) is 4.76. The molecular formula is C7H11NO2. The van der Waals surface area contributed by atoms with Crippen LogP contribution in [0.15, 0.2) is 0 Å². The van der Waals surface area contributed by atoms with E-state index in [1.165, 1.54) is 0 Å². The number of hydrogen-bond donors (Lipinski definition) is 2. The van der Waals surface area contributed by atoms with E-state index in [1.54, 1.807) is 0 Å². The number of hydrogen-bond acceptors (Lipinski definition) is 2. The summed E-state index contributed by atoms with van der Waals surface area (Å²) in [4.78, 5) is 10.7. The van der Waals surface area contributed by atoms with E-state index in [2.05, 4.69) is 5.32 Å². The third-order valence-electron chi connectivity index (χ3n) is 2.66. The van der Waals surface area contributed by atoms with Crippen LogP contribution in [0.2, 0.25) is 0 Å². The summed E-state index contributed by atoms with van der Waals surface area (Å²) in [5.74, 6) is -0.226. The van der Waals surface area contributed by atoms with Crippen LogP contribution in [-0.2, 0) is 4.79 Å². The van der Waals surface area contributed by atoms with Crippen molar-refractivity contribution in [3.63, 3.8) is 0 Å². The maximum absolute atomic E-state index is 10.7. The molecule has 1 saturated carbocycles. The molecule has 10 heavy (non-hydrogen) atoms. The number of piperidine rings is 1.